The van der Waals surface area contributed by atoms with Gasteiger partial charge in [-0.25, -0.2) is 9.59 Å². The Bertz CT molecular complexity index is 946. The Morgan fingerprint density at radius 3 is 2.74 bits per heavy atom. The van der Waals surface area contributed by atoms with E-state index in [9.17, 15) is 19.7 Å². The Morgan fingerprint density at radius 2 is 2.04 bits per heavy atom. The molecule has 9 heteroatoms. The van der Waals surface area contributed by atoms with E-state index in [4.69, 9.17) is 9.15 Å². The molecule has 9 nitrogen and oxygen atoms in total. The van der Waals surface area contributed by atoms with Crippen LogP contribution in [0.3, 0.4) is 0 Å². The molecule has 0 saturated carbocycles. The molecule has 0 radical (unpaired) electrons. The smallest absolute Gasteiger partial charge is 0.338 e. The molecule has 2 N–H and O–H groups in total. The lowest BCUT2D eigenvalue weighted by atomic mass is 10.0. The summed E-state index contributed by atoms with van der Waals surface area (Å²) in [6.45, 7) is 3.44. The second-order valence-electron chi connectivity index (χ2n) is 5.77. The summed E-state index contributed by atoms with van der Waals surface area (Å²) < 4.78 is 10.8. The average Bonchev–Trinajstić information content (AvgIpc) is 3.11. The molecule has 1 aliphatic heterocycles. The van der Waals surface area contributed by atoms with Crippen LogP contribution < -0.4 is 10.6 Å². The third-order valence-corrected chi connectivity index (χ3v) is 4.04. The predicted octanol–water partition coefficient (Wildman–Crippen LogP) is 3.05. The maximum absolute atomic E-state index is 12.3. The Morgan fingerprint density at radius 1 is 1.30 bits per heavy atom. The van der Waals surface area contributed by atoms with Crippen molar-refractivity contribution < 1.29 is 23.7 Å². The molecule has 1 atom stereocenters. The summed E-state index contributed by atoms with van der Waals surface area (Å²) in [6.07, 6.45) is 0. The monoisotopic (exact) mass is 371 g/mol. The summed E-state index contributed by atoms with van der Waals surface area (Å²) >= 11 is 0. The fourth-order valence-electron chi connectivity index (χ4n) is 2.88. The number of furan rings is 1. The van der Waals surface area contributed by atoms with Crippen molar-refractivity contribution in [3.05, 3.63) is 63.5 Å². The Labute approximate surface area is 154 Å². The molecule has 1 aromatic heterocycles. The number of allylic oxidation sites excluding steroid dienone is 1. The van der Waals surface area contributed by atoms with Gasteiger partial charge < -0.3 is 19.8 Å². The van der Waals surface area contributed by atoms with Gasteiger partial charge in [0, 0.05) is 11.8 Å². The molecule has 0 unspecified atom stereocenters. The van der Waals surface area contributed by atoms with Gasteiger partial charge in [0.05, 0.1) is 22.7 Å². The Kier molecular flexibility index (Phi) is 4.93. The highest BCUT2D eigenvalue weighted by molar-refractivity contribution is 5.94. The minimum Gasteiger partial charge on any atom is -0.463 e. The lowest BCUT2D eigenvalue weighted by Crippen LogP contribution is -2.45. The van der Waals surface area contributed by atoms with Gasteiger partial charge in [0.25, 0.3) is 5.69 Å². The van der Waals surface area contributed by atoms with Crippen molar-refractivity contribution >= 4 is 17.7 Å². The Hall–Kier alpha value is -3.62. The van der Waals surface area contributed by atoms with E-state index in [1.807, 2.05) is 0 Å². The number of rotatable bonds is 5. The quantitative estimate of drug-likeness (QED) is 0.473. The van der Waals surface area contributed by atoms with Gasteiger partial charge in [-0.15, -0.1) is 0 Å². The SMILES string of the molecule is CCOC(=O)C1=C(C)NC(=O)N[C@H]1c1ccc(-c2ccccc2[N+](=O)[O-])o1. The molecule has 0 fully saturated rings. The van der Waals surface area contributed by atoms with Gasteiger partial charge in [-0.1, -0.05) is 12.1 Å². The van der Waals surface area contributed by atoms with Crippen LogP contribution in [0.2, 0.25) is 0 Å². The third-order valence-electron chi connectivity index (χ3n) is 4.04. The number of esters is 1. The summed E-state index contributed by atoms with van der Waals surface area (Å²) in [5.41, 5.74) is 0.753. The Balaban J connectivity index is 2.02. The molecule has 2 heterocycles. The normalized spacial score (nSPS) is 16.5. The molecular formula is C18H17N3O6. The topological polar surface area (TPSA) is 124 Å². The summed E-state index contributed by atoms with van der Waals surface area (Å²) in [7, 11) is 0. The second-order valence-corrected chi connectivity index (χ2v) is 5.77. The van der Waals surface area contributed by atoms with Crippen molar-refractivity contribution in [3.8, 4) is 11.3 Å². The third kappa shape index (κ3) is 3.52. The first-order valence-electron chi connectivity index (χ1n) is 8.21. The van der Waals surface area contributed by atoms with E-state index in [0.29, 0.717) is 11.3 Å². The van der Waals surface area contributed by atoms with Gasteiger partial charge in [-0.3, -0.25) is 10.1 Å². The van der Waals surface area contributed by atoms with Crippen LogP contribution in [0.25, 0.3) is 11.3 Å². The van der Waals surface area contributed by atoms with E-state index in [-0.39, 0.29) is 29.4 Å². The molecule has 0 aliphatic carbocycles. The van der Waals surface area contributed by atoms with Crippen LogP contribution >= 0.6 is 0 Å². The minimum absolute atomic E-state index is 0.106. The van der Waals surface area contributed by atoms with Crippen LogP contribution in [-0.2, 0) is 9.53 Å². The average molecular weight is 371 g/mol. The van der Waals surface area contributed by atoms with E-state index in [2.05, 4.69) is 10.6 Å². The van der Waals surface area contributed by atoms with Crippen molar-refractivity contribution in [1.82, 2.24) is 10.6 Å². The van der Waals surface area contributed by atoms with Gasteiger partial charge in [0.1, 0.15) is 17.6 Å². The molecule has 0 saturated heterocycles. The molecule has 2 aromatic rings. The molecule has 1 aromatic carbocycles. The van der Waals surface area contributed by atoms with Crippen LogP contribution in [0.4, 0.5) is 10.5 Å². The lowest BCUT2D eigenvalue weighted by molar-refractivity contribution is -0.384. The number of carbonyl (C=O) groups is 2. The first kappa shape index (κ1) is 18.2. The van der Waals surface area contributed by atoms with E-state index in [1.165, 1.54) is 6.07 Å². The van der Waals surface area contributed by atoms with E-state index in [1.54, 1.807) is 44.2 Å². The molecule has 0 spiro atoms. The number of hydrogen-bond acceptors (Lipinski definition) is 6. The number of carbonyl (C=O) groups excluding carboxylic acids is 2. The van der Waals surface area contributed by atoms with Crippen LogP contribution in [0, 0.1) is 10.1 Å². The molecule has 140 valence electrons. The maximum Gasteiger partial charge on any atom is 0.338 e. The van der Waals surface area contributed by atoms with Crippen molar-refractivity contribution in [2.75, 3.05) is 6.61 Å². The number of urea groups is 1. The van der Waals surface area contributed by atoms with Gasteiger partial charge in [-0.05, 0) is 32.0 Å². The van der Waals surface area contributed by atoms with Crippen molar-refractivity contribution in [1.29, 1.82) is 0 Å². The molecule has 27 heavy (non-hydrogen) atoms. The van der Waals surface area contributed by atoms with Crippen molar-refractivity contribution in [3.63, 3.8) is 0 Å². The first-order chi connectivity index (χ1) is 12.9. The highest BCUT2D eigenvalue weighted by atomic mass is 16.6. The number of benzene rings is 1. The predicted molar refractivity (Wildman–Crippen MR) is 94.5 cm³/mol. The van der Waals surface area contributed by atoms with Gasteiger partial charge >= 0.3 is 12.0 Å². The number of ether oxygens (including phenoxy) is 1. The number of nitrogens with one attached hydrogen (secondary N) is 2. The number of hydrogen-bond donors (Lipinski definition) is 2. The first-order valence-corrected chi connectivity index (χ1v) is 8.21. The second kappa shape index (κ2) is 7.32. The molecule has 1 aliphatic rings. The fraction of sp³-hybridized carbons (Fsp3) is 0.222. The number of para-hydroxylation sites is 1. The van der Waals surface area contributed by atoms with Crippen molar-refractivity contribution in [2.45, 2.75) is 19.9 Å². The highest BCUT2D eigenvalue weighted by Crippen LogP contribution is 2.35. The zero-order valence-electron chi connectivity index (χ0n) is 14.6. The van der Waals surface area contributed by atoms with Crippen LogP contribution in [-0.4, -0.2) is 23.5 Å². The number of nitro benzene ring substituents is 1. The zero-order chi connectivity index (χ0) is 19.6. The summed E-state index contributed by atoms with van der Waals surface area (Å²) in [5.74, 6) is -0.0671. The summed E-state index contributed by atoms with van der Waals surface area (Å²) in [6, 6.07) is 7.92. The highest BCUT2D eigenvalue weighted by Gasteiger charge is 2.34. The number of nitrogens with zero attached hydrogens (tertiary/aromatic N) is 1. The fourth-order valence-corrected chi connectivity index (χ4v) is 2.88. The number of amides is 2. The molecule has 0 bridgehead atoms. The van der Waals surface area contributed by atoms with Gasteiger partial charge in [0.2, 0.25) is 0 Å². The van der Waals surface area contributed by atoms with E-state index >= 15 is 0 Å². The van der Waals surface area contributed by atoms with E-state index in [0.717, 1.165) is 0 Å². The van der Waals surface area contributed by atoms with Gasteiger partial charge in [-0.2, -0.15) is 0 Å². The maximum atomic E-state index is 12.3. The van der Waals surface area contributed by atoms with Crippen LogP contribution in [0.15, 0.2) is 52.1 Å². The summed E-state index contributed by atoms with van der Waals surface area (Å²) in [4.78, 5) is 34.9. The number of nitro groups is 1. The van der Waals surface area contributed by atoms with E-state index < -0.39 is 23.0 Å². The van der Waals surface area contributed by atoms with Crippen LogP contribution in [0.5, 0.6) is 0 Å². The standard InChI is InChI=1S/C18H17N3O6/c1-3-26-17(22)15-10(2)19-18(23)20-16(15)14-9-8-13(27-14)11-6-4-5-7-12(11)21(24)25/h4-9,16H,3H2,1-2H3,(H2,19,20,23)/t16-/m0/s1. The molecule has 3 rings (SSSR count). The minimum atomic E-state index is -0.866. The zero-order valence-corrected chi connectivity index (χ0v) is 14.6. The molecule has 2 amide bonds. The molecular weight excluding hydrogens is 354 g/mol. The summed E-state index contributed by atoms with van der Waals surface area (Å²) in [5, 5.41) is 16.4. The van der Waals surface area contributed by atoms with Gasteiger partial charge in [0.15, 0.2) is 0 Å². The van der Waals surface area contributed by atoms with Crippen LogP contribution in [0.1, 0.15) is 25.6 Å². The lowest BCUT2D eigenvalue weighted by Gasteiger charge is -2.26. The van der Waals surface area contributed by atoms with Crippen molar-refractivity contribution in [2.24, 2.45) is 0 Å². The largest absolute Gasteiger partial charge is 0.463 e.